The fourth-order valence-corrected chi connectivity index (χ4v) is 3.96. The number of amidine groups is 1. The molecule has 2 N–H and O–H groups in total. The van der Waals surface area contributed by atoms with E-state index in [0.29, 0.717) is 33.7 Å². The minimum Gasteiger partial charge on any atom is -0.466 e. The maximum Gasteiger partial charge on any atom is 0.307 e. The van der Waals surface area contributed by atoms with Crippen LogP contribution in [0.3, 0.4) is 0 Å². The molecular weight excluding hydrogens is 492 g/mol. The van der Waals surface area contributed by atoms with Gasteiger partial charge in [0, 0.05) is 30.3 Å². The average Bonchev–Trinajstić information content (AvgIpc) is 2.97. The fraction of sp³-hybridized carbons (Fsp3) is 0.296. The van der Waals surface area contributed by atoms with Crippen molar-refractivity contribution in [2.45, 2.75) is 20.3 Å². The Labute approximate surface area is 220 Å². The van der Waals surface area contributed by atoms with Crippen molar-refractivity contribution in [3.05, 3.63) is 64.7 Å². The summed E-state index contributed by atoms with van der Waals surface area (Å²) in [5.74, 6) is 5.81. The van der Waals surface area contributed by atoms with E-state index in [-0.39, 0.29) is 49.0 Å². The van der Waals surface area contributed by atoms with Gasteiger partial charge in [-0.1, -0.05) is 42.7 Å². The van der Waals surface area contributed by atoms with E-state index < -0.39 is 5.97 Å². The molecule has 0 radical (unpaired) electrons. The number of amides is 3. The van der Waals surface area contributed by atoms with Crippen LogP contribution in [0.5, 0.6) is 0 Å². The number of hydrogen-bond donors (Lipinski definition) is 1. The summed E-state index contributed by atoms with van der Waals surface area (Å²) in [7, 11) is 1.61. The van der Waals surface area contributed by atoms with Gasteiger partial charge in [0.05, 0.1) is 24.3 Å². The number of hydrogen-bond acceptors (Lipinski definition) is 6. The van der Waals surface area contributed by atoms with Gasteiger partial charge in [-0.3, -0.25) is 19.2 Å². The molecule has 0 aliphatic carbocycles. The number of likely N-dealkylation sites (N-methyl/N-ethyl adjacent to an activating group) is 1. The van der Waals surface area contributed by atoms with Crippen LogP contribution in [-0.4, -0.2) is 66.3 Å². The molecule has 0 spiro atoms. The van der Waals surface area contributed by atoms with Gasteiger partial charge in [0.1, 0.15) is 12.4 Å². The van der Waals surface area contributed by atoms with Crippen LogP contribution in [-0.2, 0) is 14.3 Å². The minimum absolute atomic E-state index is 0.00221. The summed E-state index contributed by atoms with van der Waals surface area (Å²) in [4.78, 5) is 55.9. The first kappa shape index (κ1) is 27.5. The van der Waals surface area contributed by atoms with Crippen LogP contribution in [0.1, 0.15) is 47.3 Å². The number of ether oxygens (including phenoxy) is 1. The van der Waals surface area contributed by atoms with Crippen LogP contribution in [0.15, 0.2) is 47.5 Å². The molecule has 0 aromatic heterocycles. The first-order chi connectivity index (χ1) is 17.7. The zero-order chi connectivity index (χ0) is 26.9. The van der Waals surface area contributed by atoms with E-state index in [1.807, 2.05) is 6.92 Å². The van der Waals surface area contributed by atoms with Crippen molar-refractivity contribution >= 4 is 46.3 Å². The van der Waals surface area contributed by atoms with Crippen molar-refractivity contribution in [1.29, 1.82) is 0 Å². The average molecular weight is 521 g/mol. The molecule has 3 rings (SSSR count). The van der Waals surface area contributed by atoms with Crippen molar-refractivity contribution in [1.82, 2.24) is 4.90 Å². The third kappa shape index (κ3) is 7.21. The summed E-state index contributed by atoms with van der Waals surface area (Å²) < 4.78 is 4.94. The molecule has 10 heteroatoms. The third-order valence-corrected chi connectivity index (χ3v) is 6.11. The van der Waals surface area contributed by atoms with Crippen molar-refractivity contribution in [3.63, 3.8) is 0 Å². The van der Waals surface area contributed by atoms with Gasteiger partial charge in [-0.05, 0) is 43.0 Å². The second kappa shape index (κ2) is 12.7. The molecule has 0 saturated carbocycles. The highest BCUT2D eigenvalue weighted by Gasteiger charge is 2.30. The molecule has 0 unspecified atom stereocenters. The molecular formula is C27H28N4O5S. The van der Waals surface area contributed by atoms with E-state index in [4.69, 9.17) is 10.5 Å². The maximum absolute atomic E-state index is 13.2. The Morgan fingerprint density at radius 1 is 1.08 bits per heavy atom. The number of carbonyl (C=O) groups is 4. The lowest BCUT2D eigenvalue weighted by molar-refractivity contribution is -0.143. The lowest BCUT2D eigenvalue weighted by Gasteiger charge is -2.19. The highest BCUT2D eigenvalue weighted by molar-refractivity contribution is 8.13. The van der Waals surface area contributed by atoms with Gasteiger partial charge in [-0.15, -0.1) is 0 Å². The molecule has 37 heavy (non-hydrogen) atoms. The minimum atomic E-state index is -0.425. The van der Waals surface area contributed by atoms with Crippen LogP contribution in [0.4, 0.5) is 10.5 Å². The molecule has 1 aliphatic heterocycles. The maximum atomic E-state index is 13.2. The molecule has 3 amide bonds. The lowest BCUT2D eigenvalue weighted by atomic mass is 10.1. The number of nitrogens with zero attached hydrogens (tertiary/aromatic N) is 3. The van der Waals surface area contributed by atoms with E-state index in [9.17, 15) is 19.2 Å². The van der Waals surface area contributed by atoms with Crippen LogP contribution >= 0.6 is 11.8 Å². The molecule has 9 nitrogen and oxygen atoms in total. The first-order valence-corrected chi connectivity index (χ1v) is 12.7. The zero-order valence-electron chi connectivity index (χ0n) is 20.9. The van der Waals surface area contributed by atoms with Crippen LogP contribution in [0.25, 0.3) is 0 Å². The number of thioether (sulfide) groups is 1. The Hall–Kier alpha value is -4.10. The number of anilines is 1. The Morgan fingerprint density at radius 3 is 2.43 bits per heavy atom. The van der Waals surface area contributed by atoms with Gasteiger partial charge in [0.15, 0.2) is 0 Å². The SMILES string of the molecule is CCOC(=O)CCN1CC(=O)N(C)c2ccc(C#Cc3ccc(/C(N)=N/C(=O)SCC)cc3)cc2C1=O. The molecule has 0 bridgehead atoms. The van der Waals surface area contributed by atoms with E-state index in [1.165, 1.54) is 9.80 Å². The molecule has 2 aromatic carbocycles. The summed E-state index contributed by atoms with van der Waals surface area (Å²) in [6.07, 6.45) is 0.00221. The number of fused-ring (bicyclic) bond motifs is 1. The number of esters is 1. The number of carbonyl (C=O) groups excluding carboxylic acids is 4. The molecule has 1 heterocycles. The monoisotopic (exact) mass is 520 g/mol. The predicted octanol–water partition coefficient (Wildman–Crippen LogP) is 3.04. The van der Waals surface area contributed by atoms with Crippen molar-refractivity contribution in [3.8, 4) is 11.8 Å². The van der Waals surface area contributed by atoms with E-state index in [0.717, 1.165) is 11.8 Å². The van der Waals surface area contributed by atoms with Crippen LogP contribution in [0.2, 0.25) is 0 Å². The van der Waals surface area contributed by atoms with Gasteiger partial charge in [-0.2, -0.15) is 4.99 Å². The Balaban J connectivity index is 1.81. The van der Waals surface area contributed by atoms with E-state index >= 15 is 0 Å². The molecule has 2 aromatic rings. The quantitative estimate of drug-likeness (QED) is 0.269. The summed E-state index contributed by atoms with van der Waals surface area (Å²) in [5, 5.41) is -0.339. The number of aliphatic imine (C=N–C) groups is 1. The standard InChI is InChI=1S/C27H28N4O5S/c1-4-36-24(33)14-15-31-17-23(32)30(3)22-13-10-19(16-21(22)26(31)34)7-6-18-8-11-20(12-9-18)25(28)29-27(35)37-5-2/h8-13,16H,4-5,14-15,17H2,1-3H3,(H2,28,29,35). The smallest absolute Gasteiger partial charge is 0.307 e. The van der Waals surface area contributed by atoms with Gasteiger partial charge < -0.3 is 20.3 Å². The number of benzene rings is 2. The second-order valence-electron chi connectivity index (χ2n) is 7.99. The summed E-state index contributed by atoms with van der Waals surface area (Å²) in [6, 6.07) is 12.1. The van der Waals surface area contributed by atoms with Crippen molar-refractivity contribution < 1.29 is 23.9 Å². The predicted molar refractivity (Wildman–Crippen MR) is 144 cm³/mol. The third-order valence-electron chi connectivity index (χ3n) is 5.48. The van der Waals surface area contributed by atoms with Crippen LogP contribution < -0.4 is 10.6 Å². The Kier molecular flexibility index (Phi) is 9.46. The Bertz CT molecular complexity index is 1290. The molecule has 192 valence electrons. The van der Waals surface area contributed by atoms with Crippen LogP contribution in [0, 0.1) is 11.8 Å². The van der Waals surface area contributed by atoms with E-state index in [1.54, 1.807) is 56.4 Å². The van der Waals surface area contributed by atoms with Gasteiger partial charge in [0.2, 0.25) is 5.91 Å². The molecule has 0 atom stereocenters. The highest BCUT2D eigenvalue weighted by atomic mass is 32.2. The summed E-state index contributed by atoms with van der Waals surface area (Å²) >= 11 is 1.08. The second-order valence-corrected chi connectivity index (χ2v) is 9.20. The normalized spacial score (nSPS) is 13.4. The van der Waals surface area contributed by atoms with Gasteiger partial charge in [-0.25, -0.2) is 0 Å². The number of nitrogens with two attached hydrogens (primary N) is 1. The van der Waals surface area contributed by atoms with Gasteiger partial charge in [0.25, 0.3) is 5.91 Å². The topological polar surface area (TPSA) is 122 Å². The molecule has 0 fully saturated rings. The largest absolute Gasteiger partial charge is 0.466 e. The molecule has 0 saturated heterocycles. The summed E-state index contributed by atoms with van der Waals surface area (Å²) in [6.45, 7) is 3.77. The van der Waals surface area contributed by atoms with Crippen molar-refractivity contribution in [2.75, 3.05) is 37.4 Å². The molecule has 1 aliphatic rings. The number of rotatable bonds is 6. The first-order valence-electron chi connectivity index (χ1n) is 11.7. The highest BCUT2D eigenvalue weighted by Crippen LogP contribution is 2.26. The van der Waals surface area contributed by atoms with Crippen molar-refractivity contribution in [2.24, 2.45) is 10.7 Å². The fourth-order valence-electron chi connectivity index (χ4n) is 3.55. The van der Waals surface area contributed by atoms with Gasteiger partial charge >= 0.3 is 11.2 Å². The Morgan fingerprint density at radius 2 is 1.76 bits per heavy atom. The zero-order valence-corrected chi connectivity index (χ0v) is 21.8. The lowest BCUT2D eigenvalue weighted by Crippen LogP contribution is -2.39. The van der Waals surface area contributed by atoms with E-state index in [2.05, 4.69) is 16.8 Å². The summed E-state index contributed by atoms with van der Waals surface area (Å²) in [5.41, 5.74) is 8.63.